The molecular formula is C18H27N3O3S. The van der Waals surface area contributed by atoms with Crippen LogP contribution in [-0.2, 0) is 16.4 Å². The van der Waals surface area contributed by atoms with Gasteiger partial charge in [-0.3, -0.25) is 9.10 Å². The lowest BCUT2D eigenvalue weighted by molar-refractivity contribution is 0.0661. The number of nitrogens with zero attached hydrogens (tertiary/aromatic N) is 2. The number of amides is 1. The van der Waals surface area contributed by atoms with Crippen LogP contribution in [0.5, 0.6) is 0 Å². The fraction of sp³-hybridized carbons (Fsp3) is 0.611. The molecule has 0 spiro atoms. The average Bonchev–Trinajstić information content (AvgIpc) is 2.59. The second-order valence-electron chi connectivity index (χ2n) is 7.29. The van der Waals surface area contributed by atoms with Gasteiger partial charge in [0.2, 0.25) is 10.0 Å². The largest absolute Gasteiger partial charge is 0.338 e. The van der Waals surface area contributed by atoms with E-state index in [1.165, 1.54) is 10.6 Å². The van der Waals surface area contributed by atoms with Crippen molar-refractivity contribution in [3.05, 3.63) is 29.3 Å². The molecule has 2 aliphatic rings. The summed E-state index contributed by atoms with van der Waals surface area (Å²) in [5, 5.41) is 0. The molecule has 6 nitrogen and oxygen atoms in total. The topological polar surface area (TPSA) is 83.7 Å². The number of anilines is 1. The standard InChI is InChI=1S/C18H27N3O3S/c1-13(19)16-6-3-9-20(12-16)18(22)15-7-8-17-14(11-15)5-4-10-21(17)25(2,23)24/h7-8,11,13,16H,3-6,9-10,12,19H2,1-2H3/t13-,16+/m1/s1. The van der Waals surface area contributed by atoms with Crippen LogP contribution in [0.3, 0.4) is 0 Å². The zero-order chi connectivity index (χ0) is 18.2. The van der Waals surface area contributed by atoms with Gasteiger partial charge in [-0.15, -0.1) is 0 Å². The first kappa shape index (κ1) is 18.2. The van der Waals surface area contributed by atoms with Crippen LogP contribution in [0.4, 0.5) is 5.69 Å². The van der Waals surface area contributed by atoms with E-state index in [0.29, 0.717) is 30.3 Å². The zero-order valence-electron chi connectivity index (χ0n) is 14.9. The predicted octanol–water partition coefficient (Wildman–Crippen LogP) is 1.60. The van der Waals surface area contributed by atoms with Crippen molar-refractivity contribution in [1.29, 1.82) is 0 Å². The summed E-state index contributed by atoms with van der Waals surface area (Å²) in [6.07, 6.45) is 4.84. The van der Waals surface area contributed by atoms with Crippen molar-refractivity contribution in [2.45, 2.75) is 38.6 Å². The van der Waals surface area contributed by atoms with E-state index >= 15 is 0 Å². The number of piperidine rings is 1. The van der Waals surface area contributed by atoms with E-state index in [2.05, 4.69) is 0 Å². The lowest BCUT2D eigenvalue weighted by Gasteiger charge is -2.35. The van der Waals surface area contributed by atoms with Gasteiger partial charge in [-0.1, -0.05) is 0 Å². The van der Waals surface area contributed by atoms with E-state index in [-0.39, 0.29) is 11.9 Å². The first-order valence-corrected chi connectivity index (χ1v) is 10.8. The highest BCUT2D eigenvalue weighted by Crippen LogP contribution is 2.30. The van der Waals surface area contributed by atoms with E-state index in [9.17, 15) is 13.2 Å². The Morgan fingerprint density at radius 2 is 2.04 bits per heavy atom. The summed E-state index contributed by atoms with van der Waals surface area (Å²) < 4.78 is 25.3. The number of carbonyl (C=O) groups is 1. The van der Waals surface area contributed by atoms with Crippen LogP contribution in [-0.4, -0.2) is 51.2 Å². The molecule has 138 valence electrons. The molecule has 3 rings (SSSR count). The first-order valence-electron chi connectivity index (χ1n) is 8.93. The quantitative estimate of drug-likeness (QED) is 0.882. The molecule has 0 aliphatic carbocycles. The molecule has 0 radical (unpaired) electrons. The Morgan fingerprint density at radius 3 is 2.72 bits per heavy atom. The van der Waals surface area contributed by atoms with Gasteiger partial charge in [0.25, 0.3) is 5.91 Å². The van der Waals surface area contributed by atoms with Crippen molar-refractivity contribution in [2.75, 3.05) is 30.2 Å². The summed E-state index contributed by atoms with van der Waals surface area (Å²) in [4.78, 5) is 14.8. The maximum absolute atomic E-state index is 12.9. The van der Waals surface area contributed by atoms with Crippen LogP contribution < -0.4 is 10.0 Å². The Morgan fingerprint density at radius 1 is 1.28 bits per heavy atom. The van der Waals surface area contributed by atoms with Crippen molar-refractivity contribution in [1.82, 2.24) is 4.90 Å². The molecular weight excluding hydrogens is 338 g/mol. The third-order valence-electron chi connectivity index (χ3n) is 5.29. The highest BCUT2D eigenvalue weighted by atomic mass is 32.2. The molecule has 0 saturated carbocycles. The molecule has 2 heterocycles. The summed E-state index contributed by atoms with van der Waals surface area (Å²) in [7, 11) is -3.29. The van der Waals surface area contributed by atoms with E-state index < -0.39 is 10.0 Å². The molecule has 1 aromatic carbocycles. The average molecular weight is 365 g/mol. The van der Waals surface area contributed by atoms with Gasteiger partial charge in [0.1, 0.15) is 0 Å². The van der Waals surface area contributed by atoms with Gasteiger partial charge in [-0.2, -0.15) is 0 Å². The molecule has 0 unspecified atom stereocenters. The second-order valence-corrected chi connectivity index (χ2v) is 9.20. The number of hydrogen-bond acceptors (Lipinski definition) is 4. The first-order chi connectivity index (χ1) is 11.8. The predicted molar refractivity (Wildman–Crippen MR) is 99.2 cm³/mol. The number of nitrogens with two attached hydrogens (primary N) is 1. The van der Waals surface area contributed by atoms with Crippen molar-refractivity contribution in [3.8, 4) is 0 Å². The number of aryl methyl sites for hydroxylation is 1. The fourth-order valence-electron chi connectivity index (χ4n) is 3.85. The smallest absolute Gasteiger partial charge is 0.253 e. The number of sulfonamides is 1. The van der Waals surface area contributed by atoms with Gasteiger partial charge in [-0.25, -0.2) is 8.42 Å². The van der Waals surface area contributed by atoms with Gasteiger partial charge in [0, 0.05) is 31.2 Å². The summed E-state index contributed by atoms with van der Waals surface area (Å²) in [6, 6.07) is 5.47. The van der Waals surface area contributed by atoms with Gasteiger partial charge in [0.15, 0.2) is 0 Å². The number of carbonyl (C=O) groups excluding carboxylic acids is 1. The minimum absolute atomic E-state index is 0.0182. The Balaban J connectivity index is 1.83. The highest BCUT2D eigenvalue weighted by Gasteiger charge is 2.28. The third-order valence-corrected chi connectivity index (χ3v) is 6.47. The molecule has 1 saturated heterocycles. The second kappa shape index (κ2) is 6.96. The highest BCUT2D eigenvalue weighted by molar-refractivity contribution is 7.92. The van der Waals surface area contributed by atoms with E-state index in [4.69, 9.17) is 5.73 Å². The monoisotopic (exact) mass is 365 g/mol. The van der Waals surface area contributed by atoms with Gasteiger partial charge < -0.3 is 10.6 Å². The molecule has 7 heteroatoms. The number of fused-ring (bicyclic) bond motifs is 1. The summed E-state index contributed by atoms with van der Waals surface area (Å²) in [5.74, 6) is 0.362. The lowest BCUT2D eigenvalue weighted by atomic mass is 9.91. The number of rotatable bonds is 3. The Kier molecular flexibility index (Phi) is 5.06. The van der Waals surface area contributed by atoms with Crippen LogP contribution >= 0.6 is 0 Å². The van der Waals surface area contributed by atoms with Crippen molar-refractivity contribution >= 4 is 21.6 Å². The SMILES string of the molecule is C[C@@H](N)[C@H]1CCCN(C(=O)c2ccc3c(c2)CCCN3S(C)(=O)=O)C1. The normalized spacial score (nSPS) is 22.4. The van der Waals surface area contributed by atoms with Gasteiger partial charge in [-0.05, 0) is 62.3 Å². The molecule has 1 fully saturated rings. The molecule has 25 heavy (non-hydrogen) atoms. The van der Waals surface area contributed by atoms with Crippen molar-refractivity contribution < 1.29 is 13.2 Å². The van der Waals surface area contributed by atoms with E-state index in [1.54, 1.807) is 12.1 Å². The molecule has 2 aliphatic heterocycles. The van der Waals surface area contributed by atoms with Crippen LogP contribution in [0.25, 0.3) is 0 Å². The van der Waals surface area contributed by atoms with Crippen LogP contribution in [0.2, 0.25) is 0 Å². The maximum atomic E-state index is 12.9. The summed E-state index contributed by atoms with van der Waals surface area (Å²) >= 11 is 0. The maximum Gasteiger partial charge on any atom is 0.253 e. The fourth-order valence-corrected chi connectivity index (χ4v) is 4.84. The molecule has 1 aromatic rings. The molecule has 2 N–H and O–H groups in total. The van der Waals surface area contributed by atoms with E-state index in [1.807, 2.05) is 17.9 Å². The van der Waals surface area contributed by atoms with Crippen molar-refractivity contribution in [3.63, 3.8) is 0 Å². The molecule has 0 bridgehead atoms. The summed E-state index contributed by atoms with van der Waals surface area (Å²) in [6.45, 7) is 3.95. The van der Waals surface area contributed by atoms with Gasteiger partial charge >= 0.3 is 0 Å². The number of hydrogen-bond donors (Lipinski definition) is 1. The van der Waals surface area contributed by atoms with Crippen LogP contribution in [0.15, 0.2) is 18.2 Å². The van der Waals surface area contributed by atoms with Crippen LogP contribution in [0.1, 0.15) is 42.1 Å². The lowest BCUT2D eigenvalue weighted by Crippen LogP contribution is -2.45. The Labute approximate surface area is 150 Å². The summed E-state index contributed by atoms with van der Waals surface area (Å²) in [5.41, 5.74) is 8.29. The van der Waals surface area contributed by atoms with Crippen LogP contribution in [0, 0.1) is 5.92 Å². The Bertz CT molecular complexity index is 761. The molecule has 1 amide bonds. The zero-order valence-corrected chi connectivity index (χ0v) is 15.8. The number of likely N-dealkylation sites (tertiary alicyclic amines) is 1. The van der Waals surface area contributed by atoms with E-state index in [0.717, 1.165) is 37.8 Å². The minimum atomic E-state index is -3.29. The van der Waals surface area contributed by atoms with Gasteiger partial charge in [0.05, 0.1) is 11.9 Å². The number of benzene rings is 1. The minimum Gasteiger partial charge on any atom is -0.338 e. The Hall–Kier alpha value is -1.60. The molecule has 2 atom stereocenters. The third kappa shape index (κ3) is 3.82. The van der Waals surface area contributed by atoms with Crippen molar-refractivity contribution in [2.24, 2.45) is 11.7 Å². The molecule has 0 aromatic heterocycles.